The van der Waals surface area contributed by atoms with Crippen LogP contribution in [0.25, 0.3) is 0 Å². The Labute approximate surface area is 425 Å². The second-order valence-electron chi connectivity index (χ2n) is 21.0. The fourth-order valence-electron chi connectivity index (χ4n) is 10.6. The Morgan fingerprint density at radius 3 is 2.06 bits per heavy atom. The van der Waals surface area contributed by atoms with Crippen molar-refractivity contribution in [2.45, 2.75) is 192 Å². The number of benzene rings is 2. The van der Waals surface area contributed by atoms with E-state index in [-0.39, 0.29) is 44.8 Å². The summed E-state index contributed by atoms with van der Waals surface area (Å²) >= 11 is 0. The quantitative estimate of drug-likeness (QED) is 0.117. The number of rotatable bonds is 13. The van der Waals surface area contributed by atoms with Gasteiger partial charge in [0.1, 0.15) is 29.0 Å². The first-order valence-electron chi connectivity index (χ1n) is 25.5. The fraction of sp³-hybridized carbons (Fsp3) is 0.717. The lowest BCUT2D eigenvalue weighted by molar-refractivity contribution is -0.343. The van der Waals surface area contributed by atoms with Crippen molar-refractivity contribution in [1.29, 1.82) is 0 Å². The van der Waals surface area contributed by atoms with Gasteiger partial charge in [-0.15, -0.1) is 0 Å². The second kappa shape index (κ2) is 25.0. The second-order valence-corrected chi connectivity index (χ2v) is 21.0. The SMILES string of the molecule is CCOC[C@]1(O)[C@H](C)O[C@@H](O[C@H]2[C@H](C)[C@@H](O[C@@H]3O[C@H](C)C[C@H](N(C)C(=O)Nc4ccccc4)[C@H]3OC(=O)Nc3ccccc3)[C@](C)(O)C[C@@H](C)CN[C@H](C)[C@@H](O)[C@](C)(O)[C@@H](CC)OC(=O)[C@@H]2C)C[C@@]1(C)OC. The average Bonchev–Trinajstić information content (AvgIpc) is 3.34. The number of nitrogens with one attached hydrogen (secondary N) is 3. The molecule has 0 radical (unpaired) electrons. The van der Waals surface area contributed by atoms with Gasteiger partial charge in [0, 0.05) is 50.5 Å². The van der Waals surface area contributed by atoms with Crippen LogP contribution in [0.5, 0.6) is 0 Å². The van der Waals surface area contributed by atoms with Gasteiger partial charge < -0.3 is 73.9 Å². The number of methoxy groups -OCH3 is 1. The zero-order chi connectivity index (χ0) is 53.3. The van der Waals surface area contributed by atoms with Crippen molar-refractivity contribution in [3.8, 4) is 0 Å². The number of anilines is 2. The topological polar surface area (TPSA) is 245 Å². The number of aliphatic hydroxyl groups excluding tert-OH is 1. The molecule has 0 bridgehead atoms. The van der Waals surface area contributed by atoms with Crippen LogP contribution in [0, 0.1) is 17.8 Å². The predicted octanol–water partition coefficient (Wildman–Crippen LogP) is 5.82. The molecule has 72 heavy (non-hydrogen) atoms. The third-order valence-electron chi connectivity index (χ3n) is 15.1. The first-order chi connectivity index (χ1) is 33.8. The minimum absolute atomic E-state index is 0.0296. The number of esters is 1. The number of para-hydroxylation sites is 2. The molecule has 2 aromatic rings. The summed E-state index contributed by atoms with van der Waals surface area (Å²) in [6, 6.07) is 15.6. The van der Waals surface area contributed by atoms with Gasteiger partial charge in [-0.05, 0) is 111 Å². The number of urea groups is 1. The summed E-state index contributed by atoms with van der Waals surface area (Å²) < 4.78 is 51.1. The zero-order valence-corrected chi connectivity index (χ0v) is 44.5. The van der Waals surface area contributed by atoms with Crippen molar-refractivity contribution >= 4 is 29.5 Å². The molecule has 406 valence electrons. The molecule has 18 atom stereocenters. The Kier molecular flexibility index (Phi) is 20.5. The Morgan fingerprint density at radius 2 is 1.47 bits per heavy atom. The molecule has 3 amide bonds. The van der Waals surface area contributed by atoms with E-state index in [1.54, 1.807) is 117 Å². The van der Waals surface area contributed by atoms with Gasteiger partial charge in [0.25, 0.3) is 0 Å². The fourth-order valence-corrected chi connectivity index (χ4v) is 10.6. The molecule has 0 spiro atoms. The first kappa shape index (κ1) is 58.9. The van der Waals surface area contributed by atoms with Crippen molar-refractivity contribution in [3.63, 3.8) is 0 Å². The monoisotopic (exact) mass is 1020 g/mol. The van der Waals surface area contributed by atoms with Gasteiger partial charge in [-0.3, -0.25) is 10.1 Å². The number of aliphatic hydroxyl groups is 4. The molecule has 19 nitrogen and oxygen atoms in total. The Balaban J connectivity index is 1.63. The van der Waals surface area contributed by atoms with Crippen molar-refractivity contribution in [2.75, 3.05) is 44.5 Å². The summed E-state index contributed by atoms with van der Waals surface area (Å²) in [4.78, 5) is 44.1. The normalized spacial score (nSPS) is 39.4. The van der Waals surface area contributed by atoms with Crippen LogP contribution in [0.1, 0.15) is 102 Å². The van der Waals surface area contributed by atoms with Crippen LogP contribution in [0.2, 0.25) is 0 Å². The third-order valence-corrected chi connectivity index (χ3v) is 15.1. The number of carbonyl (C=O) groups excluding carboxylic acids is 3. The van der Waals surface area contributed by atoms with E-state index in [1.165, 1.54) is 18.9 Å². The van der Waals surface area contributed by atoms with Crippen molar-refractivity contribution in [3.05, 3.63) is 60.7 Å². The van der Waals surface area contributed by atoms with E-state index >= 15 is 0 Å². The zero-order valence-electron chi connectivity index (χ0n) is 44.5. The van der Waals surface area contributed by atoms with Crippen molar-refractivity contribution in [2.24, 2.45) is 17.8 Å². The third kappa shape index (κ3) is 13.8. The molecule has 0 aliphatic carbocycles. The van der Waals surface area contributed by atoms with Crippen molar-refractivity contribution < 1.29 is 72.7 Å². The van der Waals surface area contributed by atoms with E-state index in [9.17, 15) is 34.8 Å². The highest BCUT2D eigenvalue weighted by atomic mass is 16.7. The van der Waals surface area contributed by atoms with Crippen molar-refractivity contribution in [1.82, 2.24) is 10.2 Å². The first-order valence-corrected chi connectivity index (χ1v) is 25.5. The highest BCUT2D eigenvalue weighted by Gasteiger charge is 2.59. The highest BCUT2D eigenvalue weighted by Crippen LogP contribution is 2.44. The number of likely N-dealkylation sites (N-methyl/N-ethyl adjacent to an activating group) is 1. The molecule has 3 saturated heterocycles. The molecule has 0 aromatic heterocycles. The lowest BCUT2D eigenvalue weighted by atomic mass is 9.75. The summed E-state index contributed by atoms with van der Waals surface area (Å²) in [5.74, 6) is -3.23. The van der Waals surface area contributed by atoms with Crippen LogP contribution in [-0.4, -0.2) is 167 Å². The number of cyclic esters (lactones) is 1. The van der Waals surface area contributed by atoms with E-state index < -0.39 is 120 Å². The smallest absolute Gasteiger partial charge is 0.412 e. The number of hydrogen-bond donors (Lipinski definition) is 7. The van der Waals surface area contributed by atoms with E-state index in [1.807, 2.05) is 19.9 Å². The van der Waals surface area contributed by atoms with Gasteiger partial charge in [0.15, 0.2) is 18.7 Å². The van der Waals surface area contributed by atoms with E-state index in [2.05, 4.69) is 16.0 Å². The van der Waals surface area contributed by atoms with Crippen LogP contribution < -0.4 is 16.0 Å². The summed E-state index contributed by atoms with van der Waals surface area (Å²) in [7, 11) is 3.06. The molecule has 3 fully saturated rings. The molecule has 3 heterocycles. The van der Waals surface area contributed by atoms with E-state index in [0.29, 0.717) is 18.0 Å². The molecular formula is C53H84N4O15. The number of amides is 3. The minimum atomic E-state index is -1.90. The maximum absolute atomic E-state index is 14.7. The van der Waals surface area contributed by atoms with Crippen LogP contribution in [0.3, 0.4) is 0 Å². The molecule has 2 aromatic carbocycles. The number of hydrogen-bond acceptors (Lipinski definition) is 16. The molecule has 0 unspecified atom stereocenters. The van der Waals surface area contributed by atoms with E-state index in [0.717, 1.165) is 0 Å². The van der Waals surface area contributed by atoms with Crippen LogP contribution >= 0.6 is 0 Å². The maximum atomic E-state index is 14.7. The summed E-state index contributed by atoms with van der Waals surface area (Å²) in [6.45, 7) is 19.3. The Bertz CT molecular complexity index is 2040. The van der Waals surface area contributed by atoms with Gasteiger partial charge in [0.05, 0.1) is 48.6 Å². The molecule has 19 heteroatoms. The van der Waals surface area contributed by atoms with Gasteiger partial charge in [-0.1, -0.05) is 57.2 Å². The molecule has 3 aliphatic rings. The van der Waals surface area contributed by atoms with E-state index in [4.69, 9.17) is 37.9 Å². The van der Waals surface area contributed by atoms with Crippen LogP contribution in [-0.2, 0) is 42.7 Å². The number of ether oxygens (including phenoxy) is 8. The Hall–Kier alpha value is -3.99. The summed E-state index contributed by atoms with van der Waals surface area (Å²) in [5, 5.41) is 57.5. The molecule has 0 saturated carbocycles. The molecule has 3 aliphatic heterocycles. The van der Waals surface area contributed by atoms with Gasteiger partial charge in [-0.2, -0.15) is 0 Å². The highest BCUT2D eigenvalue weighted by molar-refractivity contribution is 5.89. The molecular weight excluding hydrogens is 933 g/mol. The van der Waals surface area contributed by atoms with Crippen LogP contribution in [0.15, 0.2) is 60.7 Å². The average molecular weight is 1020 g/mol. The van der Waals surface area contributed by atoms with Crippen LogP contribution in [0.4, 0.5) is 21.0 Å². The molecule has 7 N–H and O–H groups in total. The predicted molar refractivity (Wildman–Crippen MR) is 269 cm³/mol. The number of nitrogens with zero attached hydrogens (tertiary/aromatic N) is 1. The maximum Gasteiger partial charge on any atom is 0.412 e. The minimum Gasteiger partial charge on any atom is -0.459 e. The summed E-state index contributed by atoms with van der Waals surface area (Å²) in [6.07, 6.45) is -10.9. The van der Waals surface area contributed by atoms with Gasteiger partial charge in [-0.25, -0.2) is 9.59 Å². The summed E-state index contributed by atoms with van der Waals surface area (Å²) in [5.41, 5.74) is -5.59. The van der Waals surface area contributed by atoms with Gasteiger partial charge in [0.2, 0.25) is 0 Å². The largest absolute Gasteiger partial charge is 0.459 e. The lowest BCUT2D eigenvalue weighted by Crippen LogP contribution is -2.68. The molecule has 5 rings (SSSR count). The lowest BCUT2D eigenvalue weighted by Gasteiger charge is -2.53. The standard InChI is InChI=1S/C53H84N4O15/c1-14-40-52(11,63)44(58)35(7)54-29-31(3)27-50(9,62)45(33(5)42(34(6)46(59)69-40)70-41-28-51(10,65-13)53(64,30-66-15-2)36(8)68-41)72-47-43(71-49(61)56-38-24-20-17-21-25-38)39(26-32(4)67-47)57(12)48(60)55-37-22-18-16-19-23-37/h16-25,31-36,39-45,47,54,58,62-64H,14-15,26-30H2,1-13H3,(H,55,60)(H,56,61)/t31-,32-,33+,34-,35-,36+,39+,40-,41+,42+,43-,44-,45-,47+,50-,51-,52-,53+/m1/s1. The Morgan fingerprint density at radius 1 is 0.861 bits per heavy atom. The number of carbonyl (C=O) groups is 3. The van der Waals surface area contributed by atoms with Gasteiger partial charge >= 0.3 is 18.1 Å².